The molecular formula is C23H34ClN3O. The number of hydrogen-bond acceptors (Lipinski definition) is 4. The molecule has 0 atom stereocenters. The second-order valence-electron chi connectivity index (χ2n) is 7.28. The SMILES string of the molecule is CCN(CC)CCC(=O)CCCCCCCNc1ccnc2cc(Cl)ccc12. The Hall–Kier alpha value is -1.65. The van der Waals surface area contributed by atoms with Gasteiger partial charge in [0.05, 0.1) is 5.52 Å². The first-order chi connectivity index (χ1) is 13.6. The predicted octanol–water partition coefficient (Wildman–Crippen LogP) is 5.94. The number of unbranched alkanes of at least 4 members (excludes halogenated alkanes) is 4. The molecule has 0 aliphatic heterocycles. The van der Waals surface area contributed by atoms with E-state index in [4.69, 9.17) is 11.6 Å². The van der Waals surface area contributed by atoms with Crippen LogP contribution in [-0.2, 0) is 4.79 Å². The van der Waals surface area contributed by atoms with Crippen molar-refractivity contribution in [2.45, 2.75) is 58.8 Å². The summed E-state index contributed by atoms with van der Waals surface area (Å²) < 4.78 is 0. The second kappa shape index (κ2) is 12.7. The Labute approximate surface area is 174 Å². The minimum absolute atomic E-state index is 0.415. The normalized spacial score (nSPS) is 11.3. The van der Waals surface area contributed by atoms with Crippen molar-refractivity contribution in [1.29, 1.82) is 0 Å². The molecule has 1 N–H and O–H groups in total. The highest BCUT2D eigenvalue weighted by molar-refractivity contribution is 6.31. The molecular weight excluding hydrogens is 370 g/mol. The maximum absolute atomic E-state index is 11.9. The summed E-state index contributed by atoms with van der Waals surface area (Å²) in [4.78, 5) is 18.6. The molecule has 1 heterocycles. The Balaban J connectivity index is 1.55. The molecule has 0 fully saturated rings. The number of nitrogens with zero attached hydrogens (tertiary/aromatic N) is 2. The van der Waals surface area contributed by atoms with Crippen molar-refractivity contribution in [2.24, 2.45) is 0 Å². The zero-order chi connectivity index (χ0) is 20.2. The van der Waals surface area contributed by atoms with E-state index in [1.54, 1.807) is 0 Å². The Kier molecular flexibility index (Phi) is 10.3. The number of rotatable bonds is 14. The summed E-state index contributed by atoms with van der Waals surface area (Å²) in [7, 11) is 0. The fourth-order valence-corrected chi connectivity index (χ4v) is 3.59. The van der Waals surface area contributed by atoms with Crippen LogP contribution >= 0.6 is 11.6 Å². The van der Waals surface area contributed by atoms with Crippen LogP contribution in [0.25, 0.3) is 10.9 Å². The largest absolute Gasteiger partial charge is 0.384 e. The van der Waals surface area contributed by atoms with Crippen LogP contribution in [0.5, 0.6) is 0 Å². The highest BCUT2D eigenvalue weighted by atomic mass is 35.5. The average Bonchev–Trinajstić information content (AvgIpc) is 2.70. The highest BCUT2D eigenvalue weighted by Crippen LogP contribution is 2.24. The highest BCUT2D eigenvalue weighted by Gasteiger charge is 2.05. The van der Waals surface area contributed by atoms with E-state index in [-0.39, 0.29) is 0 Å². The second-order valence-corrected chi connectivity index (χ2v) is 7.72. The Morgan fingerprint density at radius 2 is 1.79 bits per heavy atom. The predicted molar refractivity (Wildman–Crippen MR) is 120 cm³/mol. The molecule has 0 aliphatic rings. The Morgan fingerprint density at radius 3 is 2.57 bits per heavy atom. The number of hydrogen-bond donors (Lipinski definition) is 1. The molecule has 0 saturated carbocycles. The lowest BCUT2D eigenvalue weighted by molar-refractivity contribution is -0.119. The van der Waals surface area contributed by atoms with Crippen LogP contribution in [0, 0.1) is 0 Å². The smallest absolute Gasteiger partial charge is 0.134 e. The maximum atomic E-state index is 11.9. The first-order valence-corrected chi connectivity index (χ1v) is 11.0. The van der Waals surface area contributed by atoms with Gasteiger partial charge in [-0.1, -0.05) is 44.7 Å². The number of nitrogens with one attached hydrogen (secondary N) is 1. The summed E-state index contributed by atoms with van der Waals surface area (Å²) >= 11 is 6.04. The quantitative estimate of drug-likeness (QED) is 0.396. The van der Waals surface area contributed by atoms with Gasteiger partial charge in [0.15, 0.2) is 0 Å². The van der Waals surface area contributed by atoms with Crippen molar-refractivity contribution in [3.63, 3.8) is 0 Å². The number of halogens is 1. The van der Waals surface area contributed by atoms with Gasteiger partial charge in [0.1, 0.15) is 5.78 Å². The van der Waals surface area contributed by atoms with E-state index in [9.17, 15) is 4.79 Å². The number of carbonyl (C=O) groups excluding carboxylic acids is 1. The van der Waals surface area contributed by atoms with E-state index in [1.165, 1.54) is 12.8 Å². The van der Waals surface area contributed by atoms with Gasteiger partial charge in [-0.2, -0.15) is 0 Å². The fourth-order valence-electron chi connectivity index (χ4n) is 3.42. The number of aromatic nitrogens is 1. The fraction of sp³-hybridized carbons (Fsp3) is 0.565. The van der Waals surface area contributed by atoms with Crippen LogP contribution in [0.3, 0.4) is 0 Å². The molecule has 28 heavy (non-hydrogen) atoms. The Bertz CT molecular complexity index is 731. The number of pyridine rings is 1. The summed E-state index contributed by atoms with van der Waals surface area (Å²) in [6.07, 6.45) is 8.95. The van der Waals surface area contributed by atoms with Crippen LogP contribution in [0.1, 0.15) is 58.8 Å². The molecule has 0 unspecified atom stereocenters. The molecule has 4 nitrogen and oxygen atoms in total. The number of carbonyl (C=O) groups is 1. The molecule has 0 spiro atoms. The third kappa shape index (κ3) is 7.76. The molecule has 5 heteroatoms. The topological polar surface area (TPSA) is 45.2 Å². The van der Waals surface area contributed by atoms with E-state index in [1.807, 2.05) is 30.5 Å². The van der Waals surface area contributed by atoms with Crippen LogP contribution in [0.2, 0.25) is 5.02 Å². The molecule has 2 aromatic rings. The number of benzene rings is 1. The molecule has 154 valence electrons. The van der Waals surface area contributed by atoms with Crippen LogP contribution < -0.4 is 5.32 Å². The van der Waals surface area contributed by atoms with Crippen molar-refractivity contribution in [2.75, 3.05) is 31.5 Å². The van der Waals surface area contributed by atoms with Gasteiger partial charge in [-0.15, -0.1) is 0 Å². The van der Waals surface area contributed by atoms with E-state index >= 15 is 0 Å². The van der Waals surface area contributed by atoms with Crippen LogP contribution in [0.15, 0.2) is 30.5 Å². The third-order valence-electron chi connectivity index (χ3n) is 5.25. The van der Waals surface area contributed by atoms with Crippen molar-refractivity contribution in [3.05, 3.63) is 35.5 Å². The van der Waals surface area contributed by atoms with Crippen molar-refractivity contribution in [3.8, 4) is 0 Å². The summed E-state index contributed by atoms with van der Waals surface area (Å²) in [6, 6.07) is 7.83. The zero-order valence-electron chi connectivity index (χ0n) is 17.3. The molecule has 0 saturated heterocycles. The standard InChI is InChI=1S/C23H34ClN3O/c1-3-27(4-2)17-14-20(28)10-8-6-5-7-9-15-25-22-13-16-26-23-18-19(24)11-12-21(22)23/h11-13,16,18H,3-10,14-15,17H2,1-2H3,(H,25,26). The first kappa shape index (κ1) is 22.6. The lowest BCUT2D eigenvalue weighted by Crippen LogP contribution is -2.25. The summed E-state index contributed by atoms with van der Waals surface area (Å²) in [5, 5.41) is 5.33. The minimum Gasteiger partial charge on any atom is -0.384 e. The van der Waals surface area contributed by atoms with Crippen molar-refractivity contribution in [1.82, 2.24) is 9.88 Å². The molecule has 0 radical (unpaired) electrons. The zero-order valence-corrected chi connectivity index (χ0v) is 18.1. The van der Waals surface area contributed by atoms with Crippen LogP contribution in [0.4, 0.5) is 5.69 Å². The summed E-state index contributed by atoms with van der Waals surface area (Å²) in [5.74, 6) is 0.415. The third-order valence-corrected chi connectivity index (χ3v) is 5.49. The molecule has 0 aliphatic carbocycles. The number of Topliss-reactive ketones (excluding diaryl/α,β-unsaturated/α-hetero) is 1. The monoisotopic (exact) mass is 403 g/mol. The van der Waals surface area contributed by atoms with Gasteiger partial charge in [0.25, 0.3) is 0 Å². The van der Waals surface area contributed by atoms with Gasteiger partial charge in [-0.3, -0.25) is 9.78 Å². The van der Waals surface area contributed by atoms with Gasteiger partial charge >= 0.3 is 0 Å². The van der Waals surface area contributed by atoms with E-state index < -0.39 is 0 Å². The minimum atomic E-state index is 0.415. The number of anilines is 1. The van der Waals surface area contributed by atoms with E-state index in [0.29, 0.717) is 17.2 Å². The van der Waals surface area contributed by atoms with Crippen LogP contribution in [-0.4, -0.2) is 41.8 Å². The lowest BCUT2D eigenvalue weighted by Gasteiger charge is -2.16. The number of ketones is 1. The van der Waals surface area contributed by atoms with Gasteiger partial charge in [0.2, 0.25) is 0 Å². The van der Waals surface area contributed by atoms with Gasteiger partial charge in [0, 0.05) is 48.2 Å². The van der Waals surface area contributed by atoms with Crippen molar-refractivity contribution < 1.29 is 4.79 Å². The van der Waals surface area contributed by atoms with E-state index in [0.717, 1.165) is 68.5 Å². The average molecular weight is 404 g/mol. The number of fused-ring (bicyclic) bond motifs is 1. The van der Waals surface area contributed by atoms with Gasteiger partial charge in [-0.25, -0.2) is 0 Å². The van der Waals surface area contributed by atoms with Gasteiger partial charge in [-0.05, 0) is 50.2 Å². The van der Waals surface area contributed by atoms with Gasteiger partial charge < -0.3 is 10.2 Å². The first-order valence-electron chi connectivity index (χ1n) is 10.7. The lowest BCUT2D eigenvalue weighted by atomic mass is 10.1. The molecule has 0 bridgehead atoms. The molecule has 1 aromatic carbocycles. The molecule has 0 amide bonds. The maximum Gasteiger partial charge on any atom is 0.134 e. The van der Waals surface area contributed by atoms with E-state index in [2.05, 4.69) is 29.0 Å². The summed E-state index contributed by atoms with van der Waals surface area (Å²) in [5.41, 5.74) is 2.03. The summed E-state index contributed by atoms with van der Waals surface area (Å²) in [6.45, 7) is 8.21. The Morgan fingerprint density at radius 1 is 1.04 bits per heavy atom. The molecule has 2 rings (SSSR count). The molecule has 1 aromatic heterocycles. The van der Waals surface area contributed by atoms with Crippen molar-refractivity contribution >= 4 is 34.0 Å².